The van der Waals surface area contributed by atoms with E-state index in [0.717, 1.165) is 17.0 Å². The summed E-state index contributed by atoms with van der Waals surface area (Å²) < 4.78 is 19.3. The van der Waals surface area contributed by atoms with Crippen molar-refractivity contribution >= 4 is 11.8 Å². The highest BCUT2D eigenvalue weighted by Crippen LogP contribution is 2.33. The Morgan fingerprint density at radius 3 is 2.78 bits per heavy atom. The lowest BCUT2D eigenvalue weighted by Gasteiger charge is -2.07. The predicted molar refractivity (Wildman–Crippen MR) is 69.3 cm³/mol. The molecule has 0 aliphatic heterocycles. The maximum Gasteiger partial charge on any atom is 0.261 e. The molecule has 0 aliphatic rings. The third-order valence-corrected chi connectivity index (χ3v) is 3.67. The Morgan fingerprint density at radius 1 is 1.39 bits per heavy atom. The minimum absolute atomic E-state index is 0.264. The number of benzene rings is 1. The van der Waals surface area contributed by atoms with Crippen LogP contribution in [0.1, 0.15) is 17.0 Å². The molecule has 0 saturated heterocycles. The SMILES string of the molecule is Cc1nc(Sc2c(F)cccc2CCN)oc1C. The lowest BCUT2D eigenvalue weighted by Crippen LogP contribution is -2.04. The van der Waals surface area contributed by atoms with Crippen molar-refractivity contribution in [2.45, 2.75) is 30.4 Å². The van der Waals surface area contributed by atoms with E-state index in [2.05, 4.69) is 4.98 Å². The molecule has 0 bridgehead atoms. The topological polar surface area (TPSA) is 52.0 Å². The Hall–Kier alpha value is -1.33. The van der Waals surface area contributed by atoms with Gasteiger partial charge in [0.1, 0.15) is 11.6 Å². The van der Waals surface area contributed by atoms with Gasteiger partial charge in [-0.05, 0) is 50.2 Å². The van der Waals surface area contributed by atoms with Gasteiger partial charge in [0.15, 0.2) is 0 Å². The second-order valence-corrected chi connectivity index (χ2v) is 4.95. The van der Waals surface area contributed by atoms with Crippen LogP contribution in [0.4, 0.5) is 4.39 Å². The van der Waals surface area contributed by atoms with E-state index in [0.29, 0.717) is 23.1 Å². The molecule has 0 radical (unpaired) electrons. The maximum absolute atomic E-state index is 13.8. The lowest BCUT2D eigenvalue weighted by molar-refractivity contribution is 0.430. The maximum atomic E-state index is 13.8. The fourth-order valence-corrected chi connectivity index (χ4v) is 2.59. The summed E-state index contributed by atoms with van der Waals surface area (Å²) in [5.74, 6) is 0.494. The monoisotopic (exact) mass is 266 g/mol. The molecule has 96 valence electrons. The molecular formula is C13H15FN2OS. The number of rotatable bonds is 4. The molecule has 0 fully saturated rings. The normalized spacial score (nSPS) is 10.9. The van der Waals surface area contributed by atoms with Crippen molar-refractivity contribution in [2.75, 3.05) is 6.54 Å². The van der Waals surface area contributed by atoms with Crippen LogP contribution in [0.3, 0.4) is 0 Å². The molecule has 1 heterocycles. The van der Waals surface area contributed by atoms with Crippen molar-refractivity contribution in [3.63, 3.8) is 0 Å². The zero-order valence-corrected chi connectivity index (χ0v) is 11.2. The van der Waals surface area contributed by atoms with Crippen LogP contribution < -0.4 is 5.73 Å². The van der Waals surface area contributed by atoms with Crippen LogP contribution in [0.2, 0.25) is 0 Å². The number of hydrogen-bond acceptors (Lipinski definition) is 4. The first-order chi connectivity index (χ1) is 8.61. The Kier molecular flexibility index (Phi) is 4.04. The number of aryl methyl sites for hydroxylation is 2. The van der Waals surface area contributed by atoms with Gasteiger partial charge in [-0.15, -0.1) is 0 Å². The van der Waals surface area contributed by atoms with Gasteiger partial charge in [-0.25, -0.2) is 9.37 Å². The first-order valence-corrected chi connectivity index (χ1v) is 6.53. The zero-order chi connectivity index (χ0) is 13.1. The van der Waals surface area contributed by atoms with Crippen LogP contribution in [0.25, 0.3) is 0 Å². The highest BCUT2D eigenvalue weighted by Gasteiger charge is 2.14. The van der Waals surface area contributed by atoms with Crippen molar-refractivity contribution < 1.29 is 8.81 Å². The van der Waals surface area contributed by atoms with E-state index in [-0.39, 0.29) is 5.82 Å². The van der Waals surface area contributed by atoms with E-state index in [1.165, 1.54) is 17.8 Å². The number of nitrogens with two attached hydrogens (primary N) is 1. The van der Waals surface area contributed by atoms with Crippen LogP contribution in [0, 0.1) is 19.7 Å². The zero-order valence-electron chi connectivity index (χ0n) is 10.4. The van der Waals surface area contributed by atoms with Gasteiger partial charge in [-0.1, -0.05) is 12.1 Å². The number of halogens is 1. The van der Waals surface area contributed by atoms with Crippen molar-refractivity contribution in [3.8, 4) is 0 Å². The molecule has 3 nitrogen and oxygen atoms in total. The number of nitrogens with zero attached hydrogens (tertiary/aromatic N) is 1. The van der Waals surface area contributed by atoms with Gasteiger partial charge in [-0.2, -0.15) is 0 Å². The molecule has 1 aromatic heterocycles. The summed E-state index contributed by atoms with van der Waals surface area (Å²) in [5, 5.41) is 0.466. The highest BCUT2D eigenvalue weighted by molar-refractivity contribution is 7.99. The van der Waals surface area contributed by atoms with Crippen molar-refractivity contribution in [1.82, 2.24) is 4.98 Å². The van der Waals surface area contributed by atoms with Gasteiger partial charge < -0.3 is 10.2 Å². The molecular weight excluding hydrogens is 251 g/mol. The summed E-state index contributed by atoms with van der Waals surface area (Å²) >= 11 is 1.21. The quantitative estimate of drug-likeness (QED) is 0.924. The summed E-state index contributed by atoms with van der Waals surface area (Å²) in [6.45, 7) is 4.19. The Balaban J connectivity index is 2.32. The molecule has 0 unspecified atom stereocenters. The van der Waals surface area contributed by atoms with Gasteiger partial charge in [-0.3, -0.25) is 0 Å². The van der Waals surface area contributed by atoms with Gasteiger partial charge in [0.05, 0.1) is 10.6 Å². The molecule has 2 aromatic rings. The third-order valence-electron chi connectivity index (χ3n) is 2.66. The molecule has 0 amide bonds. The average Bonchev–Trinajstić information content (AvgIpc) is 2.63. The van der Waals surface area contributed by atoms with Gasteiger partial charge in [0.25, 0.3) is 5.22 Å². The van der Waals surface area contributed by atoms with Crippen LogP contribution in [0.5, 0.6) is 0 Å². The van der Waals surface area contributed by atoms with Gasteiger partial charge in [0.2, 0.25) is 0 Å². The standard InChI is InChI=1S/C13H15FN2OS/c1-8-9(2)17-13(16-8)18-12-10(6-7-15)4-3-5-11(12)14/h3-5H,6-7,15H2,1-2H3. The lowest BCUT2D eigenvalue weighted by atomic mass is 10.1. The summed E-state index contributed by atoms with van der Waals surface area (Å²) in [6, 6.07) is 5.00. The smallest absolute Gasteiger partial charge is 0.261 e. The first kappa shape index (κ1) is 13.1. The summed E-state index contributed by atoms with van der Waals surface area (Å²) in [6.07, 6.45) is 0.638. The molecule has 0 spiro atoms. The number of oxazole rings is 1. The van der Waals surface area contributed by atoms with Crippen molar-refractivity contribution in [2.24, 2.45) is 5.73 Å². The number of hydrogen-bond donors (Lipinski definition) is 1. The highest BCUT2D eigenvalue weighted by atomic mass is 32.2. The van der Waals surface area contributed by atoms with E-state index in [4.69, 9.17) is 10.2 Å². The second kappa shape index (κ2) is 5.54. The second-order valence-electron chi connectivity index (χ2n) is 3.99. The molecule has 5 heteroatoms. The van der Waals surface area contributed by atoms with Crippen molar-refractivity contribution in [3.05, 3.63) is 41.0 Å². The number of aromatic nitrogens is 1. The van der Waals surface area contributed by atoms with Gasteiger partial charge >= 0.3 is 0 Å². The van der Waals surface area contributed by atoms with E-state index < -0.39 is 0 Å². The molecule has 0 atom stereocenters. The first-order valence-electron chi connectivity index (χ1n) is 5.71. The summed E-state index contributed by atoms with van der Waals surface area (Å²) in [7, 11) is 0. The van der Waals surface area contributed by atoms with E-state index >= 15 is 0 Å². The minimum atomic E-state index is -0.264. The third kappa shape index (κ3) is 2.73. The molecule has 2 N–H and O–H groups in total. The molecule has 2 rings (SSSR count). The minimum Gasteiger partial charge on any atom is -0.436 e. The van der Waals surface area contributed by atoms with Crippen molar-refractivity contribution in [1.29, 1.82) is 0 Å². The molecule has 0 saturated carbocycles. The fraction of sp³-hybridized carbons (Fsp3) is 0.308. The molecule has 1 aromatic carbocycles. The largest absolute Gasteiger partial charge is 0.436 e. The van der Waals surface area contributed by atoms with Crippen LogP contribution in [-0.4, -0.2) is 11.5 Å². The molecule has 18 heavy (non-hydrogen) atoms. The van der Waals surface area contributed by atoms with E-state index in [9.17, 15) is 4.39 Å². The Morgan fingerprint density at radius 2 is 2.17 bits per heavy atom. The summed E-state index contributed by atoms with van der Waals surface area (Å²) in [4.78, 5) is 4.79. The summed E-state index contributed by atoms with van der Waals surface area (Å²) in [5.41, 5.74) is 7.24. The Labute approximate surface area is 110 Å². The van der Waals surface area contributed by atoms with Gasteiger partial charge in [0, 0.05) is 0 Å². The van der Waals surface area contributed by atoms with E-state index in [1.807, 2.05) is 19.9 Å². The van der Waals surface area contributed by atoms with Crippen LogP contribution >= 0.6 is 11.8 Å². The molecule has 0 aliphatic carbocycles. The fourth-order valence-electron chi connectivity index (χ4n) is 1.59. The average molecular weight is 266 g/mol. The van der Waals surface area contributed by atoms with Crippen LogP contribution in [0.15, 0.2) is 32.7 Å². The predicted octanol–water partition coefficient (Wildman–Crippen LogP) is 3.08. The Bertz CT molecular complexity index is 534. The van der Waals surface area contributed by atoms with Crippen LogP contribution in [-0.2, 0) is 6.42 Å². The van der Waals surface area contributed by atoms with E-state index in [1.54, 1.807) is 6.07 Å².